The van der Waals surface area contributed by atoms with Crippen LogP contribution in [-0.4, -0.2) is 59.7 Å². The summed E-state index contributed by atoms with van der Waals surface area (Å²) in [7, 11) is 2.37. The van der Waals surface area contributed by atoms with E-state index in [9.17, 15) is 5.11 Å². The van der Waals surface area contributed by atoms with Crippen LogP contribution < -0.4 is 5.32 Å². The van der Waals surface area contributed by atoms with E-state index >= 15 is 0 Å². The minimum absolute atomic E-state index is 0.217. The SMILES string of the molecule is CN(Cc1ccccc1)C1CCC23CCC1C21CCN(CCCNC2CCCCC2)C3Cc2ccc(O)cc21. The summed E-state index contributed by atoms with van der Waals surface area (Å²) < 4.78 is 0. The minimum Gasteiger partial charge on any atom is -0.508 e. The summed E-state index contributed by atoms with van der Waals surface area (Å²) in [5.41, 5.74) is 5.06. The van der Waals surface area contributed by atoms with E-state index in [0.29, 0.717) is 29.2 Å². The maximum atomic E-state index is 10.7. The van der Waals surface area contributed by atoms with Crippen LogP contribution in [-0.2, 0) is 18.4 Å². The number of benzene rings is 2. The van der Waals surface area contributed by atoms with Crippen molar-refractivity contribution in [3.05, 3.63) is 65.2 Å². The van der Waals surface area contributed by atoms with Crippen LogP contribution in [0.1, 0.15) is 87.3 Å². The smallest absolute Gasteiger partial charge is 0.115 e. The summed E-state index contributed by atoms with van der Waals surface area (Å²) in [4.78, 5) is 5.60. The summed E-state index contributed by atoms with van der Waals surface area (Å²) in [6.07, 6.45) is 16.1. The number of phenols is 1. The van der Waals surface area contributed by atoms with Gasteiger partial charge in [0.25, 0.3) is 0 Å². The molecule has 5 atom stereocenters. The van der Waals surface area contributed by atoms with Crippen molar-refractivity contribution in [1.29, 1.82) is 0 Å². The normalized spacial score (nSPS) is 34.2. The fourth-order valence-corrected chi connectivity index (χ4v) is 10.6. The van der Waals surface area contributed by atoms with Crippen LogP contribution in [0.15, 0.2) is 48.5 Å². The molecule has 2 N–H and O–H groups in total. The lowest BCUT2D eigenvalue weighted by molar-refractivity contribution is -0.107. The molecule has 1 heterocycles. The molecule has 4 aliphatic carbocycles. The number of nitrogens with one attached hydrogen (secondary N) is 1. The molecule has 4 heteroatoms. The van der Waals surface area contributed by atoms with Gasteiger partial charge in [0.05, 0.1) is 0 Å². The number of likely N-dealkylation sites (tertiary alicyclic amines) is 1. The summed E-state index contributed by atoms with van der Waals surface area (Å²) in [6, 6.07) is 19.5. The Bertz CT molecular complexity index is 1150. The fourth-order valence-electron chi connectivity index (χ4n) is 10.6. The Morgan fingerprint density at radius 3 is 2.64 bits per heavy atom. The minimum atomic E-state index is 0.217. The van der Waals surface area contributed by atoms with Gasteiger partial charge in [0.1, 0.15) is 5.75 Å². The Hall–Kier alpha value is -1.88. The third-order valence-electron chi connectivity index (χ3n) is 12.1. The summed E-state index contributed by atoms with van der Waals surface area (Å²) in [5.74, 6) is 1.14. The largest absolute Gasteiger partial charge is 0.508 e. The number of aromatic hydroxyl groups is 1. The number of hydrogen-bond donors (Lipinski definition) is 2. The highest BCUT2D eigenvalue weighted by Crippen LogP contribution is 2.72. The quantitative estimate of drug-likeness (QED) is 0.397. The van der Waals surface area contributed by atoms with Gasteiger partial charge in [-0.2, -0.15) is 0 Å². The van der Waals surface area contributed by atoms with Crippen molar-refractivity contribution in [2.24, 2.45) is 11.3 Å². The molecule has 5 unspecified atom stereocenters. The maximum Gasteiger partial charge on any atom is 0.115 e. The molecule has 210 valence electrons. The Balaban J connectivity index is 1.14. The fraction of sp³-hybridized carbons (Fsp3) is 0.657. The predicted octanol–water partition coefficient (Wildman–Crippen LogP) is 6.26. The van der Waals surface area contributed by atoms with Gasteiger partial charge >= 0.3 is 0 Å². The van der Waals surface area contributed by atoms with Gasteiger partial charge in [-0.25, -0.2) is 0 Å². The van der Waals surface area contributed by atoms with E-state index < -0.39 is 0 Å². The van der Waals surface area contributed by atoms with Crippen molar-refractivity contribution < 1.29 is 5.11 Å². The third kappa shape index (κ3) is 4.28. The highest BCUT2D eigenvalue weighted by molar-refractivity contribution is 5.49. The van der Waals surface area contributed by atoms with Gasteiger partial charge in [-0.15, -0.1) is 0 Å². The van der Waals surface area contributed by atoms with E-state index in [1.807, 2.05) is 6.07 Å². The molecule has 0 spiro atoms. The molecule has 4 fully saturated rings. The van der Waals surface area contributed by atoms with Crippen molar-refractivity contribution in [3.8, 4) is 5.75 Å². The molecule has 0 amide bonds. The summed E-state index contributed by atoms with van der Waals surface area (Å²) in [6.45, 7) is 4.65. The molecule has 4 nitrogen and oxygen atoms in total. The third-order valence-corrected chi connectivity index (χ3v) is 12.1. The van der Waals surface area contributed by atoms with Crippen LogP contribution in [0.3, 0.4) is 0 Å². The molecule has 5 aliphatic rings. The maximum absolute atomic E-state index is 10.7. The van der Waals surface area contributed by atoms with E-state index in [1.54, 1.807) is 0 Å². The molecule has 4 bridgehead atoms. The number of fused-ring (bicyclic) bond motifs is 1. The first-order chi connectivity index (χ1) is 19.1. The van der Waals surface area contributed by atoms with Gasteiger partial charge in [0.15, 0.2) is 0 Å². The van der Waals surface area contributed by atoms with Crippen LogP contribution in [0.2, 0.25) is 0 Å². The van der Waals surface area contributed by atoms with Gasteiger partial charge in [0, 0.05) is 30.1 Å². The summed E-state index contributed by atoms with van der Waals surface area (Å²) in [5, 5.41) is 14.6. The lowest BCUT2D eigenvalue weighted by Crippen LogP contribution is -2.70. The Morgan fingerprint density at radius 1 is 0.974 bits per heavy atom. The molecule has 1 aliphatic heterocycles. The lowest BCUT2D eigenvalue weighted by Gasteiger charge is -2.67. The molecule has 3 saturated carbocycles. The topological polar surface area (TPSA) is 38.7 Å². The van der Waals surface area contributed by atoms with E-state index in [-0.39, 0.29) is 5.41 Å². The van der Waals surface area contributed by atoms with E-state index in [4.69, 9.17) is 0 Å². The number of nitrogens with zero attached hydrogens (tertiary/aromatic N) is 2. The van der Waals surface area contributed by atoms with Crippen molar-refractivity contribution in [1.82, 2.24) is 15.1 Å². The van der Waals surface area contributed by atoms with E-state index in [0.717, 1.165) is 12.6 Å². The zero-order valence-electron chi connectivity index (χ0n) is 24.1. The molecular formula is C35H49N3O. The van der Waals surface area contributed by atoms with Crippen molar-refractivity contribution in [2.45, 2.75) is 107 Å². The van der Waals surface area contributed by atoms with Crippen molar-refractivity contribution in [3.63, 3.8) is 0 Å². The number of phenolic OH excluding ortho intramolecular Hbond substituents is 1. The van der Waals surface area contributed by atoms with Crippen molar-refractivity contribution in [2.75, 3.05) is 26.7 Å². The average molecular weight is 528 g/mol. The molecule has 7 rings (SSSR count). The molecule has 2 aromatic carbocycles. The number of hydrogen-bond acceptors (Lipinski definition) is 4. The van der Waals surface area contributed by atoms with Crippen LogP contribution in [0.25, 0.3) is 0 Å². The molecule has 39 heavy (non-hydrogen) atoms. The second kappa shape index (κ2) is 10.5. The number of piperidine rings is 1. The van der Waals surface area contributed by atoms with Crippen molar-refractivity contribution >= 4 is 0 Å². The second-order valence-electron chi connectivity index (χ2n) is 13.8. The first kappa shape index (κ1) is 26.0. The van der Waals surface area contributed by atoms with Gasteiger partial charge in [0.2, 0.25) is 0 Å². The van der Waals surface area contributed by atoms with Crippen LogP contribution >= 0.6 is 0 Å². The average Bonchev–Trinajstić information content (AvgIpc) is 3.18. The van der Waals surface area contributed by atoms with E-state index in [2.05, 4.69) is 64.6 Å². The van der Waals surface area contributed by atoms with Crippen LogP contribution in [0, 0.1) is 11.3 Å². The number of rotatable bonds is 8. The monoisotopic (exact) mass is 527 g/mol. The molecule has 2 aromatic rings. The van der Waals surface area contributed by atoms with Crippen LogP contribution in [0.5, 0.6) is 5.75 Å². The van der Waals surface area contributed by atoms with Crippen LogP contribution in [0.4, 0.5) is 0 Å². The zero-order chi connectivity index (χ0) is 26.5. The second-order valence-corrected chi connectivity index (χ2v) is 13.8. The molecule has 0 radical (unpaired) electrons. The van der Waals surface area contributed by atoms with Gasteiger partial charge in [-0.05, 0) is 125 Å². The zero-order valence-corrected chi connectivity index (χ0v) is 24.1. The highest BCUT2D eigenvalue weighted by atomic mass is 16.3. The Labute approximate surface area is 236 Å². The first-order valence-corrected chi connectivity index (χ1v) is 16.1. The van der Waals surface area contributed by atoms with Gasteiger partial charge in [-0.3, -0.25) is 9.80 Å². The van der Waals surface area contributed by atoms with Gasteiger partial charge in [-0.1, -0.05) is 55.7 Å². The standard InChI is InChI=1S/C35H49N3O/c1-37(25-26-9-4-2-5-10-26)32-16-18-34-17-15-30(32)35(34)19-22-38(21-8-20-36-28-11-6-3-7-12-28)33(34)23-27-13-14-29(39)24-31(27)35/h2,4-5,9-10,13-14,24,28,30,32-33,36,39H,3,6-8,11-12,15-23,25H2,1H3. The summed E-state index contributed by atoms with van der Waals surface area (Å²) >= 11 is 0. The highest BCUT2D eigenvalue weighted by Gasteiger charge is 2.71. The van der Waals surface area contributed by atoms with Gasteiger partial charge < -0.3 is 10.4 Å². The first-order valence-electron chi connectivity index (χ1n) is 16.1. The Kier molecular flexibility index (Phi) is 7.02. The molecule has 0 aromatic heterocycles. The van der Waals surface area contributed by atoms with E-state index in [1.165, 1.54) is 113 Å². The Morgan fingerprint density at radius 2 is 1.79 bits per heavy atom. The predicted molar refractivity (Wildman–Crippen MR) is 159 cm³/mol. The molecule has 1 saturated heterocycles. The lowest BCUT2D eigenvalue weighted by atomic mass is 9.43. The molecular weight excluding hydrogens is 478 g/mol.